The molecule has 0 amide bonds. The van der Waals surface area contributed by atoms with E-state index in [0.29, 0.717) is 54.3 Å². The third-order valence-corrected chi connectivity index (χ3v) is 6.02. The zero-order valence-corrected chi connectivity index (χ0v) is 19.6. The summed E-state index contributed by atoms with van der Waals surface area (Å²) in [6.07, 6.45) is 0.737. The van der Waals surface area contributed by atoms with Crippen molar-refractivity contribution in [3.05, 3.63) is 70.3 Å². The van der Waals surface area contributed by atoms with E-state index in [-0.39, 0.29) is 5.56 Å². The van der Waals surface area contributed by atoms with Gasteiger partial charge in [0, 0.05) is 19.8 Å². The number of benzene rings is 2. The average molecular weight is 458 g/mol. The first-order chi connectivity index (χ1) is 16.6. The molecule has 0 radical (unpaired) electrons. The van der Waals surface area contributed by atoms with Crippen LogP contribution in [0, 0.1) is 6.92 Å². The standard InChI is InChI=1S/C26H27N5O3/c1-4-34-15-7-14-30-17(2)27-24-22(26(30)32)23-25(29-21-9-6-5-8-20(21)28-23)31(24)16-18-10-12-19(33-3)13-11-18/h5-6,8-13H,4,7,14-16H2,1-3H3. The largest absolute Gasteiger partial charge is 0.497 e. The van der Waals surface area contributed by atoms with Crippen molar-refractivity contribution in [1.82, 2.24) is 24.1 Å². The number of aryl methyl sites for hydroxylation is 1. The summed E-state index contributed by atoms with van der Waals surface area (Å²) < 4.78 is 14.5. The van der Waals surface area contributed by atoms with E-state index < -0.39 is 0 Å². The van der Waals surface area contributed by atoms with Crippen LogP contribution in [0.25, 0.3) is 33.2 Å². The van der Waals surface area contributed by atoms with Gasteiger partial charge in [0.05, 0.1) is 24.7 Å². The molecule has 0 aliphatic rings. The first-order valence-corrected chi connectivity index (χ1v) is 11.5. The van der Waals surface area contributed by atoms with Gasteiger partial charge in [-0.25, -0.2) is 15.0 Å². The number of ether oxygens (including phenoxy) is 2. The Labute approximate surface area is 196 Å². The summed E-state index contributed by atoms with van der Waals surface area (Å²) in [5, 5.41) is 0.503. The summed E-state index contributed by atoms with van der Waals surface area (Å²) in [5.74, 6) is 1.46. The molecule has 174 valence electrons. The van der Waals surface area contributed by atoms with E-state index in [4.69, 9.17) is 24.4 Å². The van der Waals surface area contributed by atoms with E-state index in [1.54, 1.807) is 11.7 Å². The second kappa shape index (κ2) is 9.23. The molecule has 0 aliphatic carbocycles. The third kappa shape index (κ3) is 3.90. The van der Waals surface area contributed by atoms with E-state index in [2.05, 4.69) is 0 Å². The molecule has 0 saturated carbocycles. The van der Waals surface area contributed by atoms with Crippen LogP contribution < -0.4 is 10.3 Å². The van der Waals surface area contributed by atoms with E-state index in [1.165, 1.54) is 0 Å². The highest BCUT2D eigenvalue weighted by molar-refractivity contribution is 6.04. The van der Waals surface area contributed by atoms with E-state index in [0.717, 1.165) is 28.8 Å². The van der Waals surface area contributed by atoms with Gasteiger partial charge < -0.3 is 14.0 Å². The number of fused-ring (bicyclic) bond motifs is 4. The van der Waals surface area contributed by atoms with Crippen molar-refractivity contribution in [2.45, 2.75) is 33.4 Å². The van der Waals surface area contributed by atoms with Crippen molar-refractivity contribution in [3.63, 3.8) is 0 Å². The molecular weight excluding hydrogens is 430 g/mol. The van der Waals surface area contributed by atoms with Crippen molar-refractivity contribution in [2.75, 3.05) is 20.3 Å². The fourth-order valence-electron chi connectivity index (χ4n) is 4.29. The molecule has 0 unspecified atom stereocenters. The van der Waals surface area contributed by atoms with Crippen LogP contribution in [-0.4, -0.2) is 44.4 Å². The van der Waals surface area contributed by atoms with Gasteiger partial charge in [-0.15, -0.1) is 0 Å². The van der Waals surface area contributed by atoms with Gasteiger partial charge >= 0.3 is 0 Å². The van der Waals surface area contributed by atoms with E-state index >= 15 is 0 Å². The minimum atomic E-state index is -0.0953. The molecule has 0 N–H and O–H groups in total. The Morgan fingerprint density at radius 1 is 0.912 bits per heavy atom. The van der Waals surface area contributed by atoms with Crippen LogP contribution in [0.4, 0.5) is 0 Å². The number of rotatable bonds is 8. The normalized spacial score (nSPS) is 11.6. The SMILES string of the molecule is CCOCCCn1c(C)nc2c(c1=O)c1nc3ccccc3nc1n2Cc1ccc(OC)cc1. The summed E-state index contributed by atoms with van der Waals surface area (Å²) in [6.45, 7) is 6.15. The summed E-state index contributed by atoms with van der Waals surface area (Å²) in [6, 6.07) is 15.6. The van der Waals surface area contributed by atoms with Crippen LogP contribution >= 0.6 is 0 Å². The molecule has 8 nitrogen and oxygen atoms in total. The molecule has 2 aromatic carbocycles. The molecular formula is C26H27N5O3. The van der Waals surface area contributed by atoms with Gasteiger partial charge in [0.2, 0.25) is 0 Å². The van der Waals surface area contributed by atoms with Gasteiger partial charge in [-0.05, 0) is 50.1 Å². The zero-order valence-electron chi connectivity index (χ0n) is 19.6. The Morgan fingerprint density at radius 2 is 1.65 bits per heavy atom. The fourth-order valence-corrected chi connectivity index (χ4v) is 4.29. The molecule has 0 aliphatic heterocycles. The second-order valence-corrected chi connectivity index (χ2v) is 8.18. The molecule has 0 spiro atoms. The zero-order chi connectivity index (χ0) is 23.7. The molecule has 8 heteroatoms. The number of hydrogen-bond acceptors (Lipinski definition) is 6. The number of aromatic nitrogens is 5. The highest BCUT2D eigenvalue weighted by Gasteiger charge is 2.21. The van der Waals surface area contributed by atoms with Crippen LogP contribution in [0.2, 0.25) is 0 Å². The topological polar surface area (TPSA) is 84.1 Å². The highest BCUT2D eigenvalue weighted by atomic mass is 16.5. The first kappa shape index (κ1) is 22.0. The Balaban J connectivity index is 1.72. The van der Waals surface area contributed by atoms with Crippen LogP contribution in [0.3, 0.4) is 0 Å². The number of methoxy groups -OCH3 is 1. The Morgan fingerprint density at radius 3 is 2.35 bits per heavy atom. The van der Waals surface area contributed by atoms with Crippen LogP contribution in [0.1, 0.15) is 24.7 Å². The quantitative estimate of drug-likeness (QED) is 0.327. The molecule has 0 bridgehead atoms. The van der Waals surface area contributed by atoms with Gasteiger partial charge in [0.1, 0.15) is 22.5 Å². The van der Waals surface area contributed by atoms with Crippen molar-refractivity contribution in [3.8, 4) is 5.75 Å². The van der Waals surface area contributed by atoms with Crippen molar-refractivity contribution in [2.24, 2.45) is 0 Å². The lowest BCUT2D eigenvalue weighted by atomic mass is 10.2. The predicted octanol–water partition coefficient (Wildman–Crippen LogP) is 4.09. The molecule has 3 aromatic heterocycles. The lowest BCUT2D eigenvalue weighted by Gasteiger charge is -2.11. The van der Waals surface area contributed by atoms with Gasteiger partial charge in [-0.2, -0.15) is 0 Å². The average Bonchev–Trinajstić information content (AvgIpc) is 3.14. The Bertz CT molecular complexity index is 1540. The Hall–Kier alpha value is -3.78. The third-order valence-electron chi connectivity index (χ3n) is 6.02. The monoisotopic (exact) mass is 457 g/mol. The van der Waals surface area contributed by atoms with Crippen molar-refractivity contribution in [1.29, 1.82) is 0 Å². The van der Waals surface area contributed by atoms with E-state index in [1.807, 2.05) is 66.9 Å². The maximum Gasteiger partial charge on any atom is 0.265 e. The minimum absolute atomic E-state index is 0.0953. The maximum absolute atomic E-state index is 13.7. The van der Waals surface area contributed by atoms with Crippen molar-refractivity contribution >= 4 is 33.2 Å². The summed E-state index contributed by atoms with van der Waals surface area (Å²) >= 11 is 0. The smallest absolute Gasteiger partial charge is 0.265 e. The molecule has 0 atom stereocenters. The van der Waals surface area contributed by atoms with Crippen LogP contribution in [0.15, 0.2) is 53.3 Å². The summed E-state index contributed by atoms with van der Waals surface area (Å²) in [4.78, 5) is 28.3. The highest BCUT2D eigenvalue weighted by Crippen LogP contribution is 2.26. The summed E-state index contributed by atoms with van der Waals surface area (Å²) in [5.41, 5.74) is 4.32. The first-order valence-electron chi connectivity index (χ1n) is 11.5. The summed E-state index contributed by atoms with van der Waals surface area (Å²) in [7, 11) is 1.65. The van der Waals surface area contributed by atoms with Crippen LogP contribution in [-0.2, 0) is 17.8 Å². The maximum atomic E-state index is 13.7. The predicted molar refractivity (Wildman–Crippen MR) is 133 cm³/mol. The van der Waals surface area contributed by atoms with E-state index in [9.17, 15) is 4.79 Å². The number of nitrogens with zero attached hydrogens (tertiary/aromatic N) is 5. The molecule has 3 heterocycles. The van der Waals surface area contributed by atoms with Gasteiger partial charge in [-0.3, -0.25) is 9.36 Å². The lowest BCUT2D eigenvalue weighted by molar-refractivity contribution is 0.141. The molecule has 34 heavy (non-hydrogen) atoms. The van der Waals surface area contributed by atoms with Gasteiger partial charge in [0.15, 0.2) is 11.3 Å². The Kier molecular flexibility index (Phi) is 5.98. The molecule has 5 rings (SSSR count). The lowest BCUT2D eigenvalue weighted by Crippen LogP contribution is -2.25. The van der Waals surface area contributed by atoms with Crippen molar-refractivity contribution < 1.29 is 9.47 Å². The minimum Gasteiger partial charge on any atom is -0.497 e. The fraction of sp³-hybridized carbons (Fsp3) is 0.308. The molecule has 0 saturated heterocycles. The number of para-hydroxylation sites is 2. The van der Waals surface area contributed by atoms with Gasteiger partial charge in [0.25, 0.3) is 5.56 Å². The van der Waals surface area contributed by atoms with Gasteiger partial charge in [-0.1, -0.05) is 24.3 Å². The van der Waals surface area contributed by atoms with Crippen LogP contribution in [0.5, 0.6) is 5.75 Å². The number of hydrogen-bond donors (Lipinski definition) is 0. The second-order valence-electron chi connectivity index (χ2n) is 8.18. The molecule has 5 aromatic rings. The molecule has 0 fully saturated rings.